The van der Waals surface area contributed by atoms with Crippen molar-refractivity contribution in [1.29, 1.82) is 0 Å². The van der Waals surface area contributed by atoms with Crippen molar-refractivity contribution >= 4 is 11.8 Å². The lowest BCUT2D eigenvalue weighted by Gasteiger charge is -2.52. The average molecular weight is 403 g/mol. The van der Waals surface area contributed by atoms with E-state index < -0.39 is 6.04 Å². The molecular weight excluding hydrogens is 371 g/mol. The summed E-state index contributed by atoms with van der Waals surface area (Å²) in [7, 11) is 0. The lowest BCUT2D eigenvalue weighted by atomic mass is 9.67. The normalized spacial score (nSPS) is 24.5. The maximum atomic E-state index is 13.7. The van der Waals surface area contributed by atoms with Gasteiger partial charge in [0.25, 0.3) is 0 Å². The summed E-state index contributed by atoms with van der Waals surface area (Å²) in [5.74, 6) is -0.300. The smallest absolute Gasteiger partial charge is 0.245 e. The monoisotopic (exact) mass is 402 g/mol. The SMILES string of the molecule is O=C(C1N(C(=O)Cc2cccc(F)c2)CCCC12CCOCC2)N1CCCCC1. The molecule has 1 spiro atoms. The molecule has 3 aliphatic rings. The van der Waals surface area contributed by atoms with Gasteiger partial charge in [0.05, 0.1) is 6.42 Å². The number of halogens is 1. The second-order valence-electron chi connectivity index (χ2n) is 8.76. The Morgan fingerprint density at radius 1 is 1.03 bits per heavy atom. The zero-order valence-electron chi connectivity index (χ0n) is 17.1. The maximum absolute atomic E-state index is 13.7. The second kappa shape index (κ2) is 8.82. The first-order valence-corrected chi connectivity index (χ1v) is 11.0. The fourth-order valence-corrected chi connectivity index (χ4v) is 5.37. The molecule has 0 saturated carbocycles. The highest BCUT2D eigenvalue weighted by Crippen LogP contribution is 2.45. The molecule has 2 amide bonds. The number of amides is 2. The van der Waals surface area contributed by atoms with Crippen LogP contribution < -0.4 is 0 Å². The topological polar surface area (TPSA) is 49.9 Å². The Kier molecular flexibility index (Phi) is 6.18. The van der Waals surface area contributed by atoms with Crippen molar-refractivity contribution in [2.45, 2.75) is 57.4 Å². The Balaban J connectivity index is 1.60. The van der Waals surface area contributed by atoms with E-state index in [1.165, 1.54) is 12.1 Å². The minimum Gasteiger partial charge on any atom is -0.381 e. The standard InChI is InChI=1S/C23H31FN2O3/c24-19-7-4-6-18(16-19)17-20(27)26-13-5-8-23(9-14-29-15-10-23)21(26)22(28)25-11-2-1-3-12-25/h4,6-7,16,21H,1-3,5,8-15,17H2. The summed E-state index contributed by atoms with van der Waals surface area (Å²) >= 11 is 0. The molecule has 1 aromatic rings. The largest absolute Gasteiger partial charge is 0.381 e. The van der Waals surface area contributed by atoms with Crippen LogP contribution in [0.4, 0.5) is 4.39 Å². The van der Waals surface area contributed by atoms with E-state index in [0.717, 1.165) is 58.0 Å². The summed E-state index contributed by atoms with van der Waals surface area (Å²) in [5, 5.41) is 0. The van der Waals surface area contributed by atoms with Gasteiger partial charge in [-0.2, -0.15) is 0 Å². The molecule has 0 N–H and O–H groups in total. The molecule has 0 aromatic heterocycles. The van der Waals surface area contributed by atoms with Crippen molar-refractivity contribution in [3.8, 4) is 0 Å². The average Bonchev–Trinajstić information content (AvgIpc) is 2.74. The lowest BCUT2D eigenvalue weighted by Crippen LogP contribution is -2.63. The number of likely N-dealkylation sites (tertiary alicyclic amines) is 2. The third kappa shape index (κ3) is 4.32. The van der Waals surface area contributed by atoms with Gasteiger partial charge in [-0.1, -0.05) is 12.1 Å². The highest BCUT2D eigenvalue weighted by atomic mass is 19.1. The predicted molar refractivity (Wildman–Crippen MR) is 108 cm³/mol. The van der Waals surface area contributed by atoms with Crippen LogP contribution in [0.3, 0.4) is 0 Å². The molecule has 3 saturated heterocycles. The summed E-state index contributed by atoms with van der Waals surface area (Å²) < 4.78 is 19.2. The van der Waals surface area contributed by atoms with Crippen molar-refractivity contribution in [3.63, 3.8) is 0 Å². The number of carbonyl (C=O) groups excluding carboxylic acids is 2. The van der Waals surface area contributed by atoms with Gasteiger partial charge < -0.3 is 14.5 Å². The first-order valence-electron chi connectivity index (χ1n) is 11.0. The van der Waals surface area contributed by atoms with Gasteiger partial charge in [-0.3, -0.25) is 9.59 Å². The third-order valence-electron chi connectivity index (χ3n) is 6.92. The van der Waals surface area contributed by atoms with Gasteiger partial charge in [0.1, 0.15) is 11.9 Å². The molecule has 0 radical (unpaired) electrons. The summed E-state index contributed by atoms with van der Waals surface area (Å²) in [6, 6.07) is 5.78. The molecule has 1 atom stereocenters. The van der Waals surface area contributed by atoms with Crippen LogP contribution >= 0.6 is 0 Å². The van der Waals surface area contributed by atoms with E-state index in [-0.39, 0.29) is 29.5 Å². The predicted octanol–water partition coefficient (Wildman–Crippen LogP) is 3.17. The number of nitrogens with zero attached hydrogens (tertiary/aromatic N) is 2. The fraction of sp³-hybridized carbons (Fsp3) is 0.652. The van der Waals surface area contributed by atoms with Crippen LogP contribution in [0, 0.1) is 11.2 Å². The van der Waals surface area contributed by atoms with E-state index in [1.807, 2.05) is 9.80 Å². The van der Waals surface area contributed by atoms with E-state index in [2.05, 4.69) is 0 Å². The highest BCUT2D eigenvalue weighted by Gasteiger charge is 2.51. The Morgan fingerprint density at radius 2 is 1.79 bits per heavy atom. The Morgan fingerprint density at radius 3 is 2.52 bits per heavy atom. The van der Waals surface area contributed by atoms with Crippen LogP contribution in [0.2, 0.25) is 0 Å². The quantitative estimate of drug-likeness (QED) is 0.780. The van der Waals surface area contributed by atoms with E-state index in [4.69, 9.17) is 4.74 Å². The van der Waals surface area contributed by atoms with E-state index in [0.29, 0.717) is 25.3 Å². The molecule has 0 aliphatic carbocycles. The molecule has 3 heterocycles. The summed E-state index contributed by atoms with van der Waals surface area (Å²) in [5.41, 5.74) is 0.466. The minimum absolute atomic E-state index is 0.0727. The number of carbonyl (C=O) groups is 2. The molecule has 1 aromatic carbocycles. The Labute approximate surface area is 172 Å². The summed E-state index contributed by atoms with van der Waals surface area (Å²) in [6.07, 6.45) is 6.87. The molecule has 6 heteroatoms. The number of hydrogen-bond donors (Lipinski definition) is 0. The highest BCUT2D eigenvalue weighted by molar-refractivity contribution is 5.89. The number of hydrogen-bond acceptors (Lipinski definition) is 3. The molecule has 4 rings (SSSR count). The van der Waals surface area contributed by atoms with Gasteiger partial charge in [-0.25, -0.2) is 4.39 Å². The Bertz CT molecular complexity index is 736. The molecule has 158 valence electrons. The molecule has 3 aliphatic heterocycles. The third-order valence-corrected chi connectivity index (χ3v) is 6.92. The Hall–Kier alpha value is -1.95. The zero-order chi connectivity index (χ0) is 20.3. The van der Waals surface area contributed by atoms with Crippen LogP contribution in [-0.2, 0) is 20.7 Å². The molecule has 29 heavy (non-hydrogen) atoms. The van der Waals surface area contributed by atoms with Crippen molar-refractivity contribution in [3.05, 3.63) is 35.6 Å². The van der Waals surface area contributed by atoms with E-state index >= 15 is 0 Å². The van der Waals surface area contributed by atoms with E-state index in [1.54, 1.807) is 12.1 Å². The van der Waals surface area contributed by atoms with Crippen LogP contribution in [0.5, 0.6) is 0 Å². The first-order chi connectivity index (χ1) is 14.1. The molecule has 3 fully saturated rings. The molecule has 5 nitrogen and oxygen atoms in total. The van der Waals surface area contributed by atoms with Gasteiger partial charge in [-0.15, -0.1) is 0 Å². The molecule has 0 bridgehead atoms. The van der Waals surface area contributed by atoms with Gasteiger partial charge in [0.15, 0.2) is 0 Å². The molecular formula is C23H31FN2O3. The van der Waals surface area contributed by atoms with Crippen LogP contribution in [0.15, 0.2) is 24.3 Å². The maximum Gasteiger partial charge on any atom is 0.245 e. The lowest BCUT2D eigenvalue weighted by molar-refractivity contribution is -0.161. The second-order valence-corrected chi connectivity index (χ2v) is 8.76. The van der Waals surface area contributed by atoms with Crippen molar-refractivity contribution in [2.75, 3.05) is 32.8 Å². The van der Waals surface area contributed by atoms with Gasteiger partial charge in [0.2, 0.25) is 11.8 Å². The van der Waals surface area contributed by atoms with Gasteiger partial charge in [-0.05, 0) is 62.6 Å². The number of benzene rings is 1. The first kappa shape index (κ1) is 20.3. The van der Waals surface area contributed by atoms with Crippen molar-refractivity contribution < 1.29 is 18.7 Å². The zero-order valence-corrected chi connectivity index (χ0v) is 17.1. The number of piperidine rings is 2. The van der Waals surface area contributed by atoms with Gasteiger partial charge >= 0.3 is 0 Å². The number of rotatable bonds is 3. The number of ether oxygens (including phenoxy) is 1. The molecule has 1 unspecified atom stereocenters. The van der Waals surface area contributed by atoms with Crippen molar-refractivity contribution in [1.82, 2.24) is 9.80 Å². The van der Waals surface area contributed by atoms with E-state index in [9.17, 15) is 14.0 Å². The minimum atomic E-state index is -0.417. The summed E-state index contributed by atoms with van der Waals surface area (Å²) in [4.78, 5) is 30.8. The van der Waals surface area contributed by atoms with Crippen LogP contribution in [-0.4, -0.2) is 60.5 Å². The summed E-state index contributed by atoms with van der Waals surface area (Å²) in [6.45, 7) is 3.47. The fourth-order valence-electron chi connectivity index (χ4n) is 5.37. The van der Waals surface area contributed by atoms with Crippen LogP contribution in [0.1, 0.15) is 50.5 Å². The van der Waals surface area contributed by atoms with Crippen molar-refractivity contribution in [2.24, 2.45) is 5.41 Å². The van der Waals surface area contributed by atoms with Crippen LogP contribution in [0.25, 0.3) is 0 Å². The van der Waals surface area contributed by atoms with Gasteiger partial charge in [0, 0.05) is 38.3 Å².